The van der Waals surface area contributed by atoms with Crippen LogP contribution in [0.25, 0.3) is 10.6 Å². The van der Waals surface area contributed by atoms with Crippen molar-refractivity contribution < 1.29 is 13.2 Å². The second-order valence-corrected chi connectivity index (χ2v) is 7.84. The van der Waals surface area contributed by atoms with Gasteiger partial charge in [-0.25, -0.2) is 13.6 Å². The molecule has 0 spiro atoms. The maximum atomic E-state index is 12.5. The number of nitrogens with one attached hydrogen (secondary N) is 1. The van der Waals surface area contributed by atoms with Gasteiger partial charge in [-0.1, -0.05) is 12.1 Å². The van der Waals surface area contributed by atoms with E-state index < -0.39 is 10.0 Å². The summed E-state index contributed by atoms with van der Waals surface area (Å²) in [5.41, 5.74) is 2.16. The van der Waals surface area contributed by atoms with E-state index in [1.54, 1.807) is 36.5 Å². The van der Waals surface area contributed by atoms with Gasteiger partial charge >= 0.3 is 0 Å². The van der Waals surface area contributed by atoms with Crippen molar-refractivity contribution in [2.24, 2.45) is 5.14 Å². The van der Waals surface area contributed by atoms with Gasteiger partial charge in [0.15, 0.2) is 0 Å². The Hall–Kier alpha value is -2.55. The van der Waals surface area contributed by atoms with Crippen LogP contribution in [0.5, 0.6) is 0 Å². The number of sulfonamides is 1. The minimum atomic E-state index is -3.83. The SMILES string of the molecule is Cc1nc(-c2cccs2)ccc1C(=O)Nc1cccc(S(N)(=O)=O)c1. The average Bonchev–Trinajstić information content (AvgIpc) is 3.08. The van der Waals surface area contributed by atoms with Gasteiger partial charge in [0.1, 0.15) is 0 Å². The summed E-state index contributed by atoms with van der Waals surface area (Å²) in [6.07, 6.45) is 0. The number of pyridine rings is 1. The van der Waals surface area contributed by atoms with Crippen LogP contribution in [-0.4, -0.2) is 19.3 Å². The van der Waals surface area contributed by atoms with E-state index in [4.69, 9.17) is 5.14 Å². The van der Waals surface area contributed by atoms with Gasteiger partial charge in [0.05, 0.1) is 26.7 Å². The number of carbonyl (C=O) groups is 1. The Balaban J connectivity index is 1.85. The summed E-state index contributed by atoms with van der Waals surface area (Å²) in [6.45, 7) is 1.76. The van der Waals surface area contributed by atoms with Crippen LogP contribution in [0.3, 0.4) is 0 Å². The smallest absolute Gasteiger partial charge is 0.257 e. The summed E-state index contributed by atoms with van der Waals surface area (Å²) in [5, 5.41) is 9.74. The van der Waals surface area contributed by atoms with Crippen LogP contribution in [0.4, 0.5) is 5.69 Å². The van der Waals surface area contributed by atoms with Gasteiger partial charge in [0.25, 0.3) is 5.91 Å². The molecular formula is C17H15N3O3S2. The lowest BCUT2D eigenvalue weighted by Crippen LogP contribution is -2.16. The van der Waals surface area contributed by atoms with Gasteiger partial charge in [-0.3, -0.25) is 9.78 Å². The molecule has 0 fully saturated rings. The van der Waals surface area contributed by atoms with Gasteiger partial charge in [0, 0.05) is 5.69 Å². The number of rotatable bonds is 4. The van der Waals surface area contributed by atoms with Crippen molar-refractivity contribution >= 4 is 33.0 Å². The maximum Gasteiger partial charge on any atom is 0.257 e. The minimum Gasteiger partial charge on any atom is -0.322 e. The molecule has 2 aromatic heterocycles. The molecule has 0 aliphatic rings. The Bertz CT molecular complexity index is 1030. The average molecular weight is 373 g/mol. The lowest BCUT2D eigenvalue weighted by molar-refractivity contribution is 0.102. The normalized spacial score (nSPS) is 11.3. The van der Waals surface area contributed by atoms with Crippen LogP contribution >= 0.6 is 11.3 Å². The molecule has 0 aliphatic carbocycles. The number of thiophene rings is 1. The predicted molar refractivity (Wildman–Crippen MR) is 98.1 cm³/mol. The largest absolute Gasteiger partial charge is 0.322 e. The van der Waals surface area contributed by atoms with Crippen molar-refractivity contribution in [2.45, 2.75) is 11.8 Å². The lowest BCUT2D eigenvalue weighted by atomic mass is 10.1. The molecule has 0 unspecified atom stereocenters. The molecule has 128 valence electrons. The van der Waals surface area contributed by atoms with Crippen molar-refractivity contribution in [3.63, 3.8) is 0 Å². The summed E-state index contributed by atoms with van der Waals surface area (Å²) in [6, 6.07) is 13.2. The van der Waals surface area contributed by atoms with Crippen molar-refractivity contribution in [2.75, 3.05) is 5.32 Å². The zero-order chi connectivity index (χ0) is 18.0. The molecule has 2 heterocycles. The Labute approximate surface area is 149 Å². The number of amides is 1. The van der Waals surface area contributed by atoms with Gasteiger partial charge < -0.3 is 5.32 Å². The lowest BCUT2D eigenvalue weighted by Gasteiger charge is -2.09. The number of hydrogen-bond donors (Lipinski definition) is 2. The molecule has 0 radical (unpaired) electrons. The highest BCUT2D eigenvalue weighted by molar-refractivity contribution is 7.89. The Morgan fingerprint density at radius 1 is 1.16 bits per heavy atom. The fourth-order valence-electron chi connectivity index (χ4n) is 2.31. The number of aryl methyl sites for hydroxylation is 1. The molecule has 3 aromatic rings. The second-order valence-electron chi connectivity index (χ2n) is 5.33. The van der Waals surface area contributed by atoms with Crippen LogP contribution in [0, 0.1) is 6.92 Å². The minimum absolute atomic E-state index is 0.0619. The molecule has 1 amide bonds. The van der Waals surface area contributed by atoms with Crippen LogP contribution < -0.4 is 10.5 Å². The summed E-state index contributed by atoms with van der Waals surface area (Å²) < 4.78 is 22.8. The first-order valence-corrected chi connectivity index (χ1v) is 9.73. The monoisotopic (exact) mass is 373 g/mol. The van der Waals surface area contributed by atoms with Gasteiger partial charge in [-0.2, -0.15) is 0 Å². The molecule has 0 atom stereocenters. The Morgan fingerprint density at radius 3 is 2.60 bits per heavy atom. The molecule has 6 nitrogen and oxygen atoms in total. The van der Waals surface area contributed by atoms with Crippen LogP contribution in [0.1, 0.15) is 16.1 Å². The van der Waals surface area contributed by atoms with E-state index in [0.29, 0.717) is 16.9 Å². The zero-order valence-corrected chi connectivity index (χ0v) is 14.9. The summed E-state index contributed by atoms with van der Waals surface area (Å²) in [5.74, 6) is -0.366. The van der Waals surface area contributed by atoms with Crippen LogP contribution in [0.15, 0.2) is 58.8 Å². The van der Waals surface area contributed by atoms with Crippen LogP contribution in [0.2, 0.25) is 0 Å². The first kappa shape index (κ1) is 17.3. The summed E-state index contributed by atoms with van der Waals surface area (Å²) >= 11 is 1.57. The fourth-order valence-corrected chi connectivity index (χ4v) is 3.57. The van der Waals surface area contributed by atoms with E-state index in [2.05, 4.69) is 10.3 Å². The molecule has 8 heteroatoms. The quantitative estimate of drug-likeness (QED) is 0.734. The first-order chi connectivity index (χ1) is 11.8. The van der Waals surface area contributed by atoms with Crippen molar-refractivity contribution in [1.29, 1.82) is 0 Å². The highest BCUT2D eigenvalue weighted by atomic mass is 32.2. The molecule has 25 heavy (non-hydrogen) atoms. The van der Waals surface area contributed by atoms with E-state index >= 15 is 0 Å². The standard InChI is InChI=1S/C17H15N3O3S2/c1-11-14(7-8-15(19-11)16-6-3-9-24-16)17(21)20-12-4-2-5-13(10-12)25(18,22)23/h2-10H,1H3,(H,20,21)(H2,18,22,23). The van der Waals surface area contributed by atoms with E-state index in [-0.39, 0.29) is 10.8 Å². The highest BCUT2D eigenvalue weighted by Crippen LogP contribution is 2.24. The molecule has 0 saturated heterocycles. The number of primary sulfonamides is 1. The number of benzene rings is 1. The van der Waals surface area contributed by atoms with Crippen LogP contribution in [-0.2, 0) is 10.0 Å². The number of hydrogen-bond acceptors (Lipinski definition) is 5. The molecule has 0 saturated carbocycles. The number of nitrogens with two attached hydrogens (primary N) is 1. The fraction of sp³-hybridized carbons (Fsp3) is 0.0588. The molecule has 0 aliphatic heterocycles. The number of aromatic nitrogens is 1. The molecule has 0 bridgehead atoms. The predicted octanol–water partition coefficient (Wildman–Crippen LogP) is 3.02. The Kier molecular flexibility index (Phi) is 4.67. The van der Waals surface area contributed by atoms with Gasteiger partial charge in [0.2, 0.25) is 10.0 Å². The highest BCUT2D eigenvalue weighted by Gasteiger charge is 2.14. The van der Waals surface area contributed by atoms with E-state index in [1.165, 1.54) is 18.2 Å². The second kappa shape index (κ2) is 6.75. The van der Waals surface area contributed by atoms with E-state index in [1.807, 2.05) is 17.5 Å². The summed E-state index contributed by atoms with van der Waals surface area (Å²) in [7, 11) is -3.83. The summed E-state index contributed by atoms with van der Waals surface area (Å²) in [4.78, 5) is 17.9. The number of nitrogens with zero attached hydrogens (tertiary/aromatic N) is 1. The third kappa shape index (κ3) is 3.93. The Morgan fingerprint density at radius 2 is 1.96 bits per heavy atom. The van der Waals surface area contributed by atoms with Crippen molar-refractivity contribution in [3.05, 3.63) is 65.2 Å². The molecule has 3 N–H and O–H groups in total. The van der Waals surface area contributed by atoms with E-state index in [0.717, 1.165) is 10.6 Å². The molecule has 3 rings (SSSR count). The maximum absolute atomic E-state index is 12.5. The molecule has 1 aromatic carbocycles. The third-order valence-corrected chi connectivity index (χ3v) is 5.33. The van der Waals surface area contributed by atoms with Gasteiger partial charge in [-0.05, 0) is 48.7 Å². The van der Waals surface area contributed by atoms with Gasteiger partial charge in [-0.15, -0.1) is 11.3 Å². The van der Waals surface area contributed by atoms with Crippen molar-refractivity contribution in [3.8, 4) is 10.6 Å². The van der Waals surface area contributed by atoms with Crippen molar-refractivity contribution in [1.82, 2.24) is 4.98 Å². The van der Waals surface area contributed by atoms with E-state index in [9.17, 15) is 13.2 Å². The third-order valence-electron chi connectivity index (χ3n) is 3.52. The number of carbonyl (C=O) groups excluding carboxylic acids is 1. The zero-order valence-electron chi connectivity index (χ0n) is 13.3. The first-order valence-electron chi connectivity index (χ1n) is 7.30. The topological polar surface area (TPSA) is 102 Å². The number of anilines is 1. The molecular weight excluding hydrogens is 358 g/mol.